The first-order chi connectivity index (χ1) is 6.83. The molecule has 1 aromatic rings. The largest absolute Gasteiger partial charge is 0.481 e. The van der Waals surface area contributed by atoms with E-state index in [0.29, 0.717) is 5.76 Å². The number of carboxylic acid groups (broad SMARTS) is 1. The number of carbonyl (C=O) groups is 1. The van der Waals surface area contributed by atoms with Crippen LogP contribution in [-0.4, -0.2) is 16.0 Å². The molecule has 0 fully saturated rings. The lowest BCUT2D eigenvalue weighted by Crippen LogP contribution is -2.25. The zero-order valence-corrected chi connectivity index (χ0v) is 8.39. The van der Waals surface area contributed by atoms with Gasteiger partial charge in [-0.05, 0) is 19.9 Å². The molecule has 0 aliphatic carbocycles. The van der Waals surface area contributed by atoms with Crippen molar-refractivity contribution in [1.82, 2.24) is 0 Å². The van der Waals surface area contributed by atoms with Crippen LogP contribution in [0.4, 0.5) is 5.88 Å². The lowest BCUT2D eigenvalue weighted by molar-refractivity contribution is -0.402. The fourth-order valence-corrected chi connectivity index (χ4v) is 1.07. The van der Waals surface area contributed by atoms with Gasteiger partial charge in [0, 0.05) is 6.42 Å². The quantitative estimate of drug-likeness (QED) is 0.608. The maximum atomic E-state index is 10.8. The summed E-state index contributed by atoms with van der Waals surface area (Å²) >= 11 is 0. The Morgan fingerprint density at radius 3 is 2.60 bits per heavy atom. The van der Waals surface area contributed by atoms with Gasteiger partial charge < -0.3 is 9.52 Å². The molecule has 1 N–H and O–H groups in total. The zero-order valence-electron chi connectivity index (χ0n) is 8.39. The van der Waals surface area contributed by atoms with E-state index >= 15 is 0 Å². The van der Waals surface area contributed by atoms with E-state index < -0.39 is 16.3 Å². The van der Waals surface area contributed by atoms with Gasteiger partial charge in [0.15, 0.2) is 0 Å². The number of hydrogen-bond acceptors (Lipinski definition) is 4. The number of rotatable bonds is 4. The van der Waals surface area contributed by atoms with Crippen LogP contribution in [0.1, 0.15) is 19.6 Å². The van der Waals surface area contributed by atoms with Crippen LogP contribution in [0.25, 0.3) is 0 Å². The van der Waals surface area contributed by atoms with E-state index in [1.165, 1.54) is 26.0 Å². The van der Waals surface area contributed by atoms with Crippen molar-refractivity contribution in [2.45, 2.75) is 20.3 Å². The molecule has 0 bridgehead atoms. The summed E-state index contributed by atoms with van der Waals surface area (Å²) in [6.45, 7) is 3.06. The predicted octanol–water partition coefficient (Wildman–Crippen LogP) is 1.84. The van der Waals surface area contributed by atoms with E-state index in [1.807, 2.05) is 0 Å². The van der Waals surface area contributed by atoms with Gasteiger partial charge >= 0.3 is 11.9 Å². The summed E-state index contributed by atoms with van der Waals surface area (Å²) in [7, 11) is 0. The molecule has 1 aromatic heterocycles. The Morgan fingerprint density at radius 2 is 2.20 bits per heavy atom. The van der Waals surface area contributed by atoms with Crippen LogP contribution in [0.3, 0.4) is 0 Å². The number of aliphatic carboxylic acids is 1. The van der Waals surface area contributed by atoms with Crippen molar-refractivity contribution in [1.29, 1.82) is 0 Å². The van der Waals surface area contributed by atoms with Crippen molar-refractivity contribution in [2.75, 3.05) is 0 Å². The third kappa shape index (κ3) is 2.55. The van der Waals surface area contributed by atoms with Gasteiger partial charge in [-0.2, -0.15) is 0 Å². The van der Waals surface area contributed by atoms with E-state index in [4.69, 9.17) is 9.52 Å². The molecule has 0 atom stereocenters. The van der Waals surface area contributed by atoms with Crippen molar-refractivity contribution in [2.24, 2.45) is 5.41 Å². The highest BCUT2D eigenvalue weighted by molar-refractivity contribution is 5.73. The normalized spacial score (nSPS) is 11.3. The minimum Gasteiger partial charge on any atom is -0.481 e. The monoisotopic (exact) mass is 213 g/mol. The van der Waals surface area contributed by atoms with Crippen LogP contribution in [0.5, 0.6) is 0 Å². The van der Waals surface area contributed by atoms with Crippen LogP contribution < -0.4 is 0 Å². The highest BCUT2D eigenvalue weighted by Gasteiger charge is 2.29. The minimum absolute atomic E-state index is 0.121. The molecule has 0 saturated carbocycles. The maximum absolute atomic E-state index is 10.8. The third-order valence-corrected chi connectivity index (χ3v) is 2.02. The molecule has 0 spiro atoms. The Hall–Kier alpha value is -1.85. The molecule has 0 amide bonds. The molecular formula is C9H11NO5. The summed E-state index contributed by atoms with van der Waals surface area (Å²) in [6.07, 6.45) is 0.121. The van der Waals surface area contributed by atoms with E-state index in [-0.39, 0.29) is 12.3 Å². The fraction of sp³-hybridized carbons (Fsp3) is 0.444. The van der Waals surface area contributed by atoms with Gasteiger partial charge in [-0.3, -0.25) is 14.9 Å². The highest BCUT2D eigenvalue weighted by Crippen LogP contribution is 2.25. The molecule has 6 heteroatoms. The van der Waals surface area contributed by atoms with Gasteiger partial charge in [0.2, 0.25) is 0 Å². The lowest BCUT2D eigenvalue weighted by Gasteiger charge is -2.16. The van der Waals surface area contributed by atoms with E-state index in [2.05, 4.69) is 0 Å². The standard InChI is InChI=1S/C9H11NO5/c1-9(2,8(11)12)5-6-3-4-7(15-6)10(13)14/h3-4H,5H2,1-2H3,(H,11,12). The van der Waals surface area contributed by atoms with Crippen LogP contribution in [-0.2, 0) is 11.2 Å². The van der Waals surface area contributed by atoms with Gasteiger partial charge in [0.05, 0.1) is 11.5 Å². The molecule has 1 heterocycles. The number of nitrogens with zero attached hydrogens (tertiary/aromatic N) is 1. The lowest BCUT2D eigenvalue weighted by atomic mass is 9.88. The van der Waals surface area contributed by atoms with Crippen molar-refractivity contribution in [3.63, 3.8) is 0 Å². The summed E-state index contributed by atoms with van der Waals surface area (Å²) in [5, 5.41) is 19.2. The minimum atomic E-state index is -0.994. The molecule has 0 unspecified atom stereocenters. The maximum Gasteiger partial charge on any atom is 0.433 e. The number of hydrogen-bond donors (Lipinski definition) is 1. The molecule has 82 valence electrons. The van der Waals surface area contributed by atoms with Crippen LogP contribution >= 0.6 is 0 Å². The van der Waals surface area contributed by atoms with E-state index in [0.717, 1.165) is 0 Å². The first kappa shape index (κ1) is 11.2. The molecule has 0 saturated heterocycles. The third-order valence-electron chi connectivity index (χ3n) is 2.02. The van der Waals surface area contributed by atoms with Crippen LogP contribution in [0.15, 0.2) is 16.5 Å². The van der Waals surface area contributed by atoms with Crippen LogP contribution in [0.2, 0.25) is 0 Å². The molecule has 0 aliphatic rings. The fourth-order valence-electron chi connectivity index (χ4n) is 1.07. The summed E-state index contributed by atoms with van der Waals surface area (Å²) in [5.74, 6) is -1.04. The summed E-state index contributed by atoms with van der Waals surface area (Å²) in [4.78, 5) is 20.4. The van der Waals surface area contributed by atoms with E-state index in [9.17, 15) is 14.9 Å². The number of carboxylic acids is 1. The first-order valence-electron chi connectivity index (χ1n) is 4.29. The zero-order chi connectivity index (χ0) is 11.6. The molecule has 1 rings (SSSR count). The summed E-state index contributed by atoms with van der Waals surface area (Å²) in [5.41, 5.74) is -0.994. The Morgan fingerprint density at radius 1 is 1.60 bits per heavy atom. The smallest absolute Gasteiger partial charge is 0.433 e. The average Bonchev–Trinajstić information content (AvgIpc) is 2.51. The second-order valence-corrected chi connectivity index (χ2v) is 3.86. The van der Waals surface area contributed by atoms with Crippen molar-refractivity contribution < 1.29 is 19.2 Å². The molecule has 0 aliphatic heterocycles. The Labute approximate surface area is 85.7 Å². The molecule has 6 nitrogen and oxygen atoms in total. The van der Waals surface area contributed by atoms with Crippen molar-refractivity contribution >= 4 is 11.9 Å². The highest BCUT2D eigenvalue weighted by atomic mass is 16.6. The topological polar surface area (TPSA) is 93.6 Å². The SMILES string of the molecule is CC(C)(Cc1ccc([N+](=O)[O-])o1)C(=O)O. The summed E-state index contributed by atoms with van der Waals surface area (Å²) in [6, 6.07) is 2.64. The van der Waals surface area contributed by atoms with Gasteiger partial charge in [-0.1, -0.05) is 0 Å². The molecule has 0 aromatic carbocycles. The van der Waals surface area contributed by atoms with Crippen molar-refractivity contribution in [3.05, 3.63) is 28.0 Å². The first-order valence-corrected chi connectivity index (χ1v) is 4.29. The van der Waals surface area contributed by atoms with Gasteiger partial charge in [0.1, 0.15) is 10.7 Å². The van der Waals surface area contributed by atoms with E-state index in [1.54, 1.807) is 0 Å². The second-order valence-electron chi connectivity index (χ2n) is 3.86. The number of nitro groups is 1. The van der Waals surface area contributed by atoms with Crippen LogP contribution in [0, 0.1) is 15.5 Å². The Kier molecular flexibility index (Phi) is 2.78. The predicted molar refractivity (Wildman–Crippen MR) is 50.5 cm³/mol. The Bertz CT molecular complexity index is 393. The van der Waals surface area contributed by atoms with Gasteiger partial charge in [-0.25, -0.2) is 0 Å². The van der Waals surface area contributed by atoms with Crippen molar-refractivity contribution in [3.8, 4) is 0 Å². The van der Waals surface area contributed by atoms with Gasteiger partial charge in [-0.15, -0.1) is 0 Å². The second kappa shape index (κ2) is 3.72. The number of furan rings is 1. The molecule has 0 radical (unpaired) electrons. The Balaban J connectivity index is 2.82. The molecular weight excluding hydrogens is 202 g/mol. The molecule has 15 heavy (non-hydrogen) atoms. The van der Waals surface area contributed by atoms with Gasteiger partial charge in [0.25, 0.3) is 0 Å². The average molecular weight is 213 g/mol. The summed E-state index contributed by atoms with van der Waals surface area (Å²) < 4.78 is 4.87.